The minimum absolute atomic E-state index is 0.0192. The zero-order valence-electron chi connectivity index (χ0n) is 14.8. The molecule has 28 heavy (non-hydrogen) atoms. The van der Waals surface area contributed by atoms with Gasteiger partial charge in [0.1, 0.15) is 0 Å². The van der Waals surface area contributed by atoms with E-state index in [-0.39, 0.29) is 11.5 Å². The Labute approximate surface area is 163 Å². The molecule has 1 amide bonds. The van der Waals surface area contributed by atoms with E-state index < -0.39 is 5.91 Å². The summed E-state index contributed by atoms with van der Waals surface area (Å²) in [6.07, 6.45) is 2.69. The molecule has 1 aromatic carbocycles. The fraction of sp³-hybridized carbons (Fsp3) is 0.105. The highest BCUT2D eigenvalue weighted by molar-refractivity contribution is 7.10. The van der Waals surface area contributed by atoms with Gasteiger partial charge >= 0.3 is 0 Å². The lowest BCUT2D eigenvalue weighted by molar-refractivity contribution is 0.101. The molecule has 0 saturated heterocycles. The predicted octanol–water partition coefficient (Wildman–Crippen LogP) is 3.50. The lowest BCUT2D eigenvalue weighted by Crippen LogP contribution is -2.14. The molecule has 140 valence electrons. The first-order chi connectivity index (χ1) is 13.6. The number of benzene rings is 1. The van der Waals surface area contributed by atoms with Crippen LogP contribution in [-0.2, 0) is 6.54 Å². The van der Waals surface area contributed by atoms with Gasteiger partial charge < -0.3 is 9.73 Å². The van der Waals surface area contributed by atoms with E-state index in [1.54, 1.807) is 5.38 Å². The molecule has 0 bridgehead atoms. The van der Waals surface area contributed by atoms with Crippen molar-refractivity contribution < 1.29 is 14.0 Å². The van der Waals surface area contributed by atoms with Crippen LogP contribution in [0.3, 0.4) is 0 Å². The first-order valence-corrected chi connectivity index (χ1v) is 9.27. The molecule has 0 aliphatic carbocycles. The van der Waals surface area contributed by atoms with E-state index >= 15 is 0 Å². The second-order valence-electron chi connectivity index (χ2n) is 5.97. The van der Waals surface area contributed by atoms with Gasteiger partial charge in [-0.25, -0.2) is 4.98 Å². The van der Waals surface area contributed by atoms with Crippen molar-refractivity contribution in [2.75, 3.05) is 5.32 Å². The summed E-state index contributed by atoms with van der Waals surface area (Å²) in [5.41, 5.74) is 1.60. The van der Waals surface area contributed by atoms with Gasteiger partial charge in [0.2, 0.25) is 0 Å². The second-order valence-corrected chi connectivity index (χ2v) is 6.96. The number of ketones is 1. The third-order valence-electron chi connectivity index (χ3n) is 3.95. The van der Waals surface area contributed by atoms with Crippen LogP contribution in [0.5, 0.6) is 0 Å². The fourth-order valence-electron chi connectivity index (χ4n) is 2.60. The van der Waals surface area contributed by atoms with Crippen LogP contribution in [0.25, 0.3) is 11.3 Å². The molecule has 9 heteroatoms. The van der Waals surface area contributed by atoms with Crippen LogP contribution < -0.4 is 5.32 Å². The Morgan fingerprint density at radius 3 is 2.82 bits per heavy atom. The number of thiophene rings is 1. The number of carbonyl (C=O) groups excluding carboxylic acids is 2. The van der Waals surface area contributed by atoms with E-state index in [4.69, 9.17) is 4.42 Å². The summed E-state index contributed by atoms with van der Waals surface area (Å²) in [7, 11) is 0. The third-order valence-corrected chi connectivity index (χ3v) is 4.88. The number of oxazole rings is 1. The summed E-state index contributed by atoms with van der Waals surface area (Å²) < 4.78 is 5.38. The summed E-state index contributed by atoms with van der Waals surface area (Å²) in [5.74, 6) is 0.275. The van der Waals surface area contributed by atoms with Gasteiger partial charge in [-0.3, -0.25) is 9.59 Å². The smallest absolute Gasteiger partial charge is 0.279 e. The molecule has 4 rings (SSSR count). The van der Waals surface area contributed by atoms with Crippen LogP contribution in [0, 0.1) is 0 Å². The van der Waals surface area contributed by atoms with Gasteiger partial charge in [-0.1, -0.05) is 30.3 Å². The maximum absolute atomic E-state index is 12.6. The van der Waals surface area contributed by atoms with E-state index in [0.29, 0.717) is 23.7 Å². The van der Waals surface area contributed by atoms with Crippen LogP contribution in [0.15, 0.2) is 58.8 Å². The SMILES string of the molecule is CC(=O)c1csc(Cn2ncc(NC(=O)c3ncoc3-c3ccccc3)n2)c1. The molecule has 0 saturated carbocycles. The van der Waals surface area contributed by atoms with E-state index in [9.17, 15) is 9.59 Å². The summed E-state index contributed by atoms with van der Waals surface area (Å²) in [6, 6.07) is 11.1. The molecule has 4 aromatic rings. The van der Waals surface area contributed by atoms with Gasteiger partial charge in [0, 0.05) is 21.4 Å². The number of Topliss-reactive ketones (excluding diaryl/α,β-unsaturated/α-hetero) is 1. The van der Waals surface area contributed by atoms with Gasteiger partial charge in [0.05, 0.1) is 12.7 Å². The molecule has 3 heterocycles. The number of carbonyl (C=O) groups is 2. The molecule has 0 unspecified atom stereocenters. The molecule has 8 nitrogen and oxygen atoms in total. The second kappa shape index (κ2) is 7.57. The zero-order chi connectivity index (χ0) is 19.5. The first-order valence-electron chi connectivity index (χ1n) is 8.39. The number of nitrogens with one attached hydrogen (secondary N) is 1. The predicted molar refractivity (Wildman–Crippen MR) is 103 cm³/mol. The van der Waals surface area contributed by atoms with Crippen molar-refractivity contribution in [3.8, 4) is 11.3 Å². The van der Waals surface area contributed by atoms with Gasteiger partial charge in [0.15, 0.2) is 29.4 Å². The minimum atomic E-state index is -0.436. The van der Waals surface area contributed by atoms with Crippen molar-refractivity contribution in [3.05, 3.63) is 70.5 Å². The molecule has 0 atom stereocenters. The minimum Gasteiger partial charge on any atom is -0.443 e. The highest BCUT2D eigenvalue weighted by Crippen LogP contribution is 2.23. The van der Waals surface area contributed by atoms with Crippen LogP contribution in [0.1, 0.15) is 32.6 Å². The zero-order valence-corrected chi connectivity index (χ0v) is 15.6. The highest BCUT2D eigenvalue weighted by Gasteiger charge is 2.19. The number of aromatic nitrogens is 4. The van der Waals surface area contributed by atoms with Crippen LogP contribution in [-0.4, -0.2) is 31.7 Å². The Kier molecular flexibility index (Phi) is 4.81. The number of anilines is 1. The van der Waals surface area contributed by atoms with Gasteiger partial charge in [-0.05, 0) is 13.0 Å². The molecule has 0 spiro atoms. The maximum atomic E-state index is 12.6. The lowest BCUT2D eigenvalue weighted by Gasteiger charge is -2.01. The van der Waals surface area contributed by atoms with Crippen molar-refractivity contribution >= 4 is 28.8 Å². The normalized spacial score (nSPS) is 10.8. The maximum Gasteiger partial charge on any atom is 0.279 e. The van der Waals surface area contributed by atoms with Gasteiger partial charge in [-0.2, -0.15) is 9.90 Å². The number of rotatable bonds is 6. The quantitative estimate of drug-likeness (QED) is 0.503. The Balaban J connectivity index is 1.46. The van der Waals surface area contributed by atoms with E-state index in [1.165, 1.54) is 35.6 Å². The molecule has 0 aliphatic rings. The lowest BCUT2D eigenvalue weighted by atomic mass is 10.1. The highest BCUT2D eigenvalue weighted by atomic mass is 32.1. The molecule has 3 aromatic heterocycles. The van der Waals surface area contributed by atoms with Crippen LogP contribution in [0.2, 0.25) is 0 Å². The number of hydrogen-bond acceptors (Lipinski definition) is 7. The Morgan fingerprint density at radius 2 is 2.07 bits per heavy atom. The summed E-state index contributed by atoms with van der Waals surface area (Å²) in [6.45, 7) is 1.94. The fourth-order valence-corrected chi connectivity index (χ4v) is 3.49. The van der Waals surface area contributed by atoms with Crippen molar-refractivity contribution in [3.63, 3.8) is 0 Å². The molecule has 1 N–H and O–H groups in total. The Hall–Kier alpha value is -3.59. The summed E-state index contributed by atoms with van der Waals surface area (Å²) in [4.78, 5) is 30.4. The molecular weight excluding hydrogens is 378 g/mol. The largest absolute Gasteiger partial charge is 0.443 e. The molecule has 0 radical (unpaired) electrons. The summed E-state index contributed by atoms with van der Waals surface area (Å²) in [5, 5.41) is 12.9. The van der Waals surface area contributed by atoms with E-state index in [1.807, 2.05) is 36.4 Å². The van der Waals surface area contributed by atoms with Crippen LogP contribution in [0.4, 0.5) is 5.82 Å². The monoisotopic (exact) mass is 393 g/mol. The average Bonchev–Trinajstić information content (AvgIpc) is 3.43. The number of nitrogens with zero attached hydrogens (tertiary/aromatic N) is 4. The van der Waals surface area contributed by atoms with Crippen molar-refractivity contribution in [1.29, 1.82) is 0 Å². The van der Waals surface area contributed by atoms with E-state index in [2.05, 4.69) is 20.5 Å². The van der Waals surface area contributed by atoms with Gasteiger partial charge in [0.25, 0.3) is 5.91 Å². The number of hydrogen-bond donors (Lipinski definition) is 1. The standard InChI is InChI=1S/C19H15N5O3S/c1-12(25)14-7-15(28-10-14)9-24-21-8-16(23-24)22-19(26)17-18(27-11-20-17)13-5-3-2-4-6-13/h2-8,10-11H,9H2,1H3,(H,22,23,26). The van der Waals surface area contributed by atoms with Crippen molar-refractivity contribution in [2.24, 2.45) is 0 Å². The topological polar surface area (TPSA) is 103 Å². The third kappa shape index (κ3) is 3.74. The summed E-state index contributed by atoms with van der Waals surface area (Å²) >= 11 is 1.46. The van der Waals surface area contributed by atoms with Crippen molar-refractivity contribution in [1.82, 2.24) is 20.0 Å². The Morgan fingerprint density at radius 1 is 1.25 bits per heavy atom. The number of amides is 1. The van der Waals surface area contributed by atoms with E-state index in [0.717, 1.165) is 10.4 Å². The molecule has 0 fully saturated rings. The first kappa shape index (κ1) is 17.8. The molecular formula is C19H15N5O3S. The average molecular weight is 393 g/mol. The van der Waals surface area contributed by atoms with Crippen molar-refractivity contribution in [2.45, 2.75) is 13.5 Å². The molecule has 0 aliphatic heterocycles. The van der Waals surface area contributed by atoms with Crippen LogP contribution >= 0.6 is 11.3 Å². The Bertz CT molecular complexity index is 1130. The van der Waals surface area contributed by atoms with Gasteiger partial charge in [-0.15, -0.1) is 16.4 Å².